The second kappa shape index (κ2) is 12.1. The van der Waals surface area contributed by atoms with Gasteiger partial charge in [0.25, 0.3) is 0 Å². The van der Waals surface area contributed by atoms with Crippen LogP contribution in [0.2, 0.25) is 0 Å². The van der Waals surface area contributed by atoms with Crippen LogP contribution < -0.4 is 10.6 Å². The number of hydrogen-bond donors (Lipinski definition) is 3. The fraction of sp³-hybridized carbons (Fsp3) is 0.571. The third-order valence-electron chi connectivity index (χ3n) is 4.61. The van der Waals surface area contributed by atoms with Crippen LogP contribution >= 0.6 is 0 Å². The lowest BCUT2D eigenvalue weighted by atomic mass is 10.0. The summed E-state index contributed by atoms with van der Waals surface area (Å²) in [7, 11) is 4.03. The summed E-state index contributed by atoms with van der Waals surface area (Å²) in [5, 5.41) is 12.5. The number of nitrogens with zero attached hydrogens (tertiary/aromatic N) is 2. The quantitative estimate of drug-likeness (QED) is 0.493. The predicted octanol–water partition coefficient (Wildman–Crippen LogP) is 2.82. The summed E-state index contributed by atoms with van der Waals surface area (Å²) in [6, 6.07) is 1.76. The number of carbonyl (C=O) groups is 2. The molecule has 1 amide bonds. The highest BCUT2D eigenvalue weighted by atomic mass is 16.1. The lowest BCUT2D eigenvalue weighted by molar-refractivity contribution is -0.118. The maximum atomic E-state index is 11.2. The summed E-state index contributed by atoms with van der Waals surface area (Å²) >= 11 is 0. The van der Waals surface area contributed by atoms with E-state index >= 15 is 0 Å². The Bertz CT molecular complexity index is 691. The number of nitrogens with one attached hydrogen (secondary N) is 3. The largest absolute Gasteiger partial charge is 0.392 e. The van der Waals surface area contributed by atoms with E-state index in [-0.39, 0.29) is 5.91 Å². The lowest BCUT2D eigenvalue weighted by Crippen LogP contribution is -2.19. The SMILES string of the molecule is CC(C)c1cc(C=O)n[nH]1.CN/C(C)=C\C(=C/CC1CCN(C)C1)NC(C)=O. The molecule has 28 heavy (non-hydrogen) atoms. The molecule has 1 aliphatic rings. The van der Waals surface area contributed by atoms with Gasteiger partial charge in [-0.3, -0.25) is 14.7 Å². The van der Waals surface area contributed by atoms with E-state index in [1.54, 1.807) is 13.0 Å². The first-order chi connectivity index (χ1) is 13.2. The van der Waals surface area contributed by atoms with Crippen LogP contribution in [0.15, 0.2) is 29.6 Å². The molecule has 0 radical (unpaired) electrons. The molecular weight excluding hydrogens is 354 g/mol. The first-order valence-corrected chi connectivity index (χ1v) is 9.78. The molecule has 1 fully saturated rings. The van der Waals surface area contributed by atoms with Crippen molar-refractivity contribution in [3.05, 3.63) is 41.0 Å². The van der Waals surface area contributed by atoms with Gasteiger partial charge < -0.3 is 15.5 Å². The fourth-order valence-corrected chi connectivity index (χ4v) is 2.88. The highest BCUT2D eigenvalue weighted by molar-refractivity contribution is 5.75. The average molecular weight is 390 g/mol. The molecule has 2 heterocycles. The van der Waals surface area contributed by atoms with E-state index in [1.807, 2.05) is 33.9 Å². The molecule has 0 aliphatic carbocycles. The molecule has 156 valence electrons. The highest BCUT2D eigenvalue weighted by Gasteiger charge is 2.18. The van der Waals surface area contributed by atoms with Crippen molar-refractivity contribution in [1.82, 2.24) is 25.7 Å². The molecule has 7 nitrogen and oxygen atoms in total. The summed E-state index contributed by atoms with van der Waals surface area (Å²) in [6.45, 7) is 9.95. The number of carbonyl (C=O) groups excluding carboxylic acids is 2. The topological polar surface area (TPSA) is 90.1 Å². The van der Waals surface area contributed by atoms with Crippen molar-refractivity contribution < 1.29 is 9.59 Å². The molecule has 3 N–H and O–H groups in total. The standard InChI is InChI=1S/C14H25N3O.C7H10N2O/c1-11(15-3)9-14(16-12(2)18)6-5-13-7-8-17(4)10-13;1-5(2)7-3-6(4-10)8-9-7/h6,9,13,15H,5,7-8,10H2,1-4H3,(H,16,18);3-5H,1-2H3,(H,8,9)/b11-9-,14-6+;. The van der Waals surface area contributed by atoms with Gasteiger partial charge in [0.1, 0.15) is 5.69 Å². The van der Waals surface area contributed by atoms with Crippen LogP contribution in [0.4, 0.5) is 0 Å². The Labute approximate surface area is 168 Å². The summed E-state index contributed by atoms with van der Waals surface area (Å²) < 4.78 is 0. The average Bonchev–Trinajstić information content (AvgIpc) is 3.28. The van der Waals surface area contributed by atoms with Crippen molar-refractivity contribution in [3.63, 3.8) is 0 Å². The second-order valence-corrected chi connectivity index (χ2v) is 7.59. The van der Waals surface area contributed by atoms with E-state index in [0.717, 1.165) is 36.3 Å². The smallest absolute Gasteiger partial charge is 0.221 e. The van der Waals surface area contributed by atoms with Crippen LogP contribution in [0.1, 0.15) is 62.6 Å². The molecule has 0 saturated carbocycles. The third-order valence-corrected chi connectivity index (χ3v) is 4.61. The molecule has 2 rings (SSSR count). The Kier molecular flexibility index (Phi) is 10.2. The van der Waals surface area contributed by atoms with Crippen molar-refractivity contribution in [2.24, 2.45) is 5.92 Å². The number of allylic oxidation sites excluding steroid dienone is 3. The van der Waals surface area contributed by atoms with Gasteiger partial charge in [-0.15, -0.1) is 0 Å². The van der Waals surface area contributed by atoms with E-state index in [9.17, 15) is 9.59 Å². The Hall–Kier alpha value is -2.41. The van der Waals surface area contributed by atoms with E-state index < -0.39 is 0 Å². The number of aromatic amines is 1. The zero-order valence-electron chi connectivity index (χ0n) is 18.0. The molecule has 1 atom stereocenters. The molecule has 7 heteroatoms. The van der Waals surface area contributed by atoms with Crippen LogP contribution in [-0.2, 0) is 4.79 Å². The molecular formula is C21H35N5O2. The minimum atomic E-state index is -0.0232. The number of rotatable bonds is 7. The Morgan fingerprint density at radius 3 is 2.57 bits per heavy atom. The molecule has 1 aromatic heterocycles. The van der Waals surface area contributed by atoms with E-state index in [0.29, 0.717) is 17.5 Å². The summed E-state index contributed by atoms with van der Waals surface area (Å²) in [5.41, 5.74) is 3.41. The van der Waals surface area contributed by atoms with Crippen molar-refractivity contribution in [1.29, 1.82) is 0 Å². The molecule has 0 bridgehead atoms. The Morgan fingerprint density at radius 2 is 2.14 bits per heavy atom. The van der Waals surface area contributed by atoms with Crippen molar-refractivity contribution in [2.75, 3.05) is 27.2 Å². The number of hydrogen-bond acceptors (Lipinski definition) is 5. The van der Waals surface area contributed by atoms with E-state index in [2.05, 4.69) is 38.9 Å². The number of likely N-dealkylation sites (tertiary alicyclic amines) is 1. The summed E-state index contributed by atoms with van der Waals surface area (Å²) in [5.74, 6) is 1.09. The van der Waals surface area contributed by atoms with Gasteiger partial charge in [0.15, 0.2) is 6.29 Å². The number of H-pyrrole nitrogens is 1. The highest BCUT2D eigenvalue weighted by Crippen LogP contribution is 2.19. The van der Waals surface area contributed by atoms with Crippen molar-refractivity contribution >= 4 is 12.2 Å². The van der Waals surface area contributed by atoms with Gasteiger partial charge in [-0.1, -0.05) is 19.9 Å². The van der Waals surface area contributed by atoms with Crippen LogP contribution in [0, 0.1) is 5.92 Å². The van der Waals surface area contributed by atoms with Gasteiger partial charge >= 0.3 is 0 Å². The third kappa shape index (κ3) is 8.99. The lowest BCUT2D eigenvalue weighted by Gasteiger charge is -2.10. The molecule has 0 spiro atoms. The number of aldehydes is 1. The molecule has 1 unspecified atom stereocenters. The first kappa shape index (κ1) is 23.6. The maximum absolute atomic E-state index is 11.2. The van der Waals surface area contributed by atoms with Gasteiger partial charge in [-0.25, -0.2) is 0 Å². The summed E-state index contributed by atoms with van der Waals surface area (Å²) in [6.07, 6.45) is 7.11. The molecule has 1 aromatic rings. The van der Waals surface area contributed by atoms with Gasteiger partial charge in [0, 0.05) is 37.6 Å². The number of aromatic nitrogens is 2. The van der Waals surface area contributed by atoms with Gasteiger partial charge in [0.2, 0.25) is 5.91 Å². The zero-order valence-corrected chi connectivity index (χ0v) is 18.0. The van der Waals surface area contributed by atoms with Crippen LogP contribution in [0.3, 0.4) is 0 Å². The monoisotopic (exact) mass is 389 g/mol. The summed E-state index contributed by atoms with van der Waals surface area (Å²) in [4.78, 5) is 23.7. The Balaban J connectivity index is 0.000000330. The minimum absolute atomic E-state index is 0.0232. The van der Waals surface area contributed by atoms with Crippen LogP contribution in [0.25, 0.3) is 0 Å². The minimum Gasteiger partial charge on any atom is -0.392 e. The van der Waals surface area contributed by atoms with Crippen LogP contribution in [0.5, 0.6) is 0 Å². The molecule has 1 aliphatic heterocycles. The fourth-order valence-electron chi connectivity index (χ4n) is 2.88. The molecule has 1 saturated heterocycles. The Morgan fingerprint density at radius 1 is 1.43 bits per heavy atom. The predicted molar refractivity (Wildman–Crippen MR) is 113 cm³/mol. The second-order valence-electron chi connectivity index (χ2n) is 7.59. The van der Waals surface area contributed by atoms with Gasteiger partial charge in [0.05, 0.1) is 0 Å². The van der Waals surface area contributed by atoms with E-state index in [1.165, 1.54) is 13.0 Å². The zero-order chi connectivity index (χ0) is 21.1. The van der Waals surface area contributed by atoms with Gasteiger partial charge in [-0.2, -0.15) is 5.10 Å². The van der Waals surface area contributed by atoms with E-state index in [4.69, 9.17) is 0 Å². The first-order valence-electron chi connectivity index (χ1n) is 9.78. The van der Waals surface area contributed by atoms with Crippen LogP contribution in [-0.4, -0.2) is 54.5 Å². The van der Waals surface area contributed by atoms with Gasteiger partial charge in [-0.05, 0) is 57.3 Å². The van der Waals surface area contributed by atoms with Crippen molar-refractivity contribution in [3.8, 4) is 0 Å². The maximum Gasteiger partial charge on any atom is 0.221 e. The number of amides is 1. The normalized spacial score (nSPS) is 17.9. The molecule has 0 aromatic carbocycles. The van der Waals surface area contributed by atoms with Crippen molar-refractivity contribution in [2.45, 2.75) is 46.5 Å².